The van der Waals surface area contributed by atoms with Crippen molar-refractivity contribution in [3.8, 4) is 0 Å². The van der Waals surface area contributed by atoms with Crippen molar-refractivity contribution < 1.29 is 4.79 Å². The maximum Gasteiger partial charge on any atom is 0.264 e. The second kappa shape index (κ2) is 6.61. The lowest BCUT2D eigenvalue weighted by Crippen LogP contribution is -2.31. The van der Waals surface area contributed by atoms with Gasteiger partial charge in [-0.15, -0.1) is 11.3 Å². The molecule has 1 unspecified atom stereocenters. The van der Waals surface area contributed by atoms with Crippen LogP contribution in [0.15, 0.2) is 29.9 Å². The molecule has 0 saturated carbocycles. The van der Waals surface area contributed by atoms with Crippen molar-refractivity contribution in [1.82, 2.24) is 9.88 Å². The Balaban J connectivity index is 1.86. The lowest BCUT2D eigenvalue weighted by atomic mass is 9.93. The van der Waals surface area contributed by atoms with Crippen molar-refractivity contribution in [2.45, 2.75) is 45.1 Å². The summed E-state index contributed by atoms with van der Waals surface area (Å²) in [7, 11) is 1.92. The van der Waals surface area contributed by atoms with Crippen LogP contribution in [0.1, 0.15) is 58.6 Å². The van der Waals surface area contributed by atoms with Crippen molar-refractivity contribution >= 4 is 17.2 Å². The van der Waals surface area contributed by atoms with Crippen LogP contribution in [0.4, 0.5) is 0 Å². The molecule has 1 aliphatic carbocycles. The van der Waals surface area contributed by atoms with Gasteiger partial charge in [0.2, 0.25) is 0 Å². The molecule has 2 heterocycles. The normalized spacial score (nSPS) is 15.2. The van der Waals surface area contributed by atoms with Crippen LogP contribution in [0, 0.1) is 0 Å². The van der Waals surface area contributed by atoms with Gasteiger partial charge >= 0.3 is 0 Å². The molecule has 1 amide bonds. The molecule has 0 aromatic carbocycles. The molecule has 0 fully saturated rings. The second-order valence-corrected chi connectivity index (χ2v) is 6.78. The van der Waals surface area contributed by atoms with E-state index >= 15 is 0 Å². The zero-order valence-corrected chi connectivity index (χ0v) is 14.0. The Hall–Kier alpha value is -1.68. The molecule has 0 spiro atoms. The molecule has 0 N–H and O–H groups in total. The minimum Gasteiger partial charge on any atom is -0.334 e. The van der Waals surface area contributed by atoms with E-state index in [4.69, 9.17) is 0 Å². The fourth-order valence-electron chi connectivity index (χ4n) is 3.31. The van der Waals surface area contributed by atoms with Crippen LogP contribution in [0.25, 0.3) is 0 Å². The summed E-state index contributed by atoms with van der Waals surface area (Å²) in [4.78, 5) is 20.0. The molecule has 0 bridgehead atoms. The summed E-state index contributed by atoms with van der Waals surface area (Å²) in [5.41, 5.74) is 3.79. The number of amides is 1. The smallest absolute Gasteiger partial charge is 0.264 e. The quantitative estimate of drug-likeness (QED) is 0.845. The second-order valence-electron chi connectivity index (χ2n) is 5.90. The predicted molar refractivity (Wildman–Crippen MR) is 90.3 cm³/mol. The van der Waals surface area contributed by atoms with Gasteiger partial charge in [-0.25, -0.2) is 0 Å². The molecule has 0 radical (unpaired) electrons. The van der Waals surface area contributed by atoms with Crippen LogP contribution >= 0.6 is 11.3 Å². The topological polar surface area (TPSA) is 33.2 Å². The maximum absolute atomic E-state index is 13.0. The highest BCUT2D eigenvalue weighted by atomic mass is 32.1. The standard InChI is InChI=1S/C18H22N2OS/c1-3-16(13-8-6-10-19-11-13)20(2)18(21)17-15-9-5-4-7-14(15)12-22-17/h6,8,10-12,16H,3-5,7,9H2,1-2H3. The molecule has 1 aliphatic rings. The lowest BCUT2D eigenvalue weighted by molar-refractivity contribution is 0.0729. The number of aromatic nitrogens is 1. The number of nitrogens with zero attached hydrogens (tertiary/aromatic N) is 2. The number of aryl methyl sites for hydroxylation is 1. The minimum atomic E-state index is 0.0857. The van der Waals surface area contributed by atoms with Crippen LogP contribution in [0.2, 0.25) is 0 Å². The number of hydrogen-bond donors (Lipinski definition) is 0. The molecule has 2 aromatic heterocycles. The van der Waals surface area contributed by atoms with E-state index in [1.165, 1.54) is 24.0 Å². The highest BCUT2D eigenvalue weighted by Crippen LogP contribution is 2.32. The van der Waals surface area contributed by atoms with E-state index in [-0.39, 0.29) is 11.9 Å². The first-order valence-electron chi connectivity index (χ1n) is 7.98. The van der Waals surface area contributed by atoms with Gasteiger partial charge in [-0.1, -0.05) is 13.0 Å². The van der Waals surface area contributed by atoms with Gasteiger partial charge in [-0.3, -0.25) is 9.78 Å². The van der Waals surface area contributed by atoms with Crippen molar-refractivity contribution in [3.63, 3.8) is 0 Å². The predicted octanol–water partition coefficient (Wildman–Crippen LogP) is 4.25. The van der Waals surface area contributed by atoms with Crippen LogP contribution in [0.3, 0.4) is 0 Å². The molecule has 2 aromatic rings. The fourth-order valence-corrected chi connectivity index (χ4v) is 4.45. The Morgan fingerprint density at radius 1 is 1.41 bits per heavy atom. The summed E-state index contributed by atoms with van der Waals surface area (Å²) in [5.74, 6) is 0.156. The lowest BCUT2D eigenvalue weighted by Gasteiger charge is -2.28. The third-order valence-electron chi connectivity index (χ3n) is 4.54. The third kappa shape index (κ3) is 2.80. The van der Waals surface area contributed by atoms with Crippen molar-refractivity contribution in [3.05, 3.63) is 51.5 Å². The first-order valence-corrected chi connectivity index (χ1v) is 8.86. The van der Waals surface area contributed by atoms with E-state index in [2.05, 4.69) is 23.4 Å². The van der Waals surface area contributed by atoms with E-state index < -0.39 is 0 Å². The zero-order chi connectivity index (χ0) is 15.5. The van der Waals surface area contributed by atoms with Gasteiger partial charge in [0.05, 0.1) is 10.9 Å². The Morgan fingerprint density at radius 2 is 2.23 bits per heavy atom. The Labute approximate surface area is 136 Å². The zero-order valence-electron chi connectivity index (χ0n) is 13.2. The molecular weight excluding hydrogens is 292 g/mol. The van der Waals surface area contributed by atoms with E-state index in [1.54, 1.807) is 17.5 Å². The molecule has 22 heavy (non-hydrogen) atoms. The number of carbonyl (C=O) groups excluding carboxylic acids is 1. The summed E-state index contributed by atoms with van der Waals surface area (Å²) in [6.07, 6.45) is 9.16. The van der Waals surface area contributed by atoms with E-state index in [0.717, 1.165) is 29.7 Å². The average molecular weight is 314 g/mol. The summed E-state index contributed by atoms with van der Waals surface area (Å²) in [6.45, 7) is 2.12. The highest BCUT2D eigenvalue weighted by molar-refractivity contribution is 7.12. The number of thiophene rings is 1. The fraction of sp³-hybridized carbons (Fsp3) is 0.444. The monoisotopic (exact) mass is 314 g/mol. The molecule has 0 aliphatic heterocycles. The Kier molecular flexibility index (Phi) is 4.57. The molecule has 0 saturated heterocycles. The molecule has 1 atom stereocenters. The first kappa shape index (κ1) is 15.2. The number of carbonyl (C=O) groups is 1. The van der Waals surface area contributed by atoms with E-state index in [1.807, 2.05) is 24.2 Å². The summed E-state index contributed by atoms with van der Waals surface area (Å²) in [5, 5.41) is 2.18. The van der Waals surface area contributed by atoms with Gasteiger partial charge in [0.15, 0.2) is 0 Å². The van der Waals surface area contributed by atoms with Crippen LogP contribution in [0.5, 0.6) is 0 Å². The number of pyridine rings is 1. The first-order chi connectivity index (χ1) is 10.7. The van der Waals surface area contributed by atoms with Gasteiger partial charge in [-0.2, -0.15) is 0 Å². The Bertz CT molecular complexity index is 650. The van der Waals surface area contributed by atoms with Gasteiger partial charge in [0, 0.05) is 19.4 Å². The molecular formula is C18H22N2OS. The molecule has 4 heteroatoms. The number of rotatable bonds is 4. The van der Waals surface area contributed by atoms with E-state index in [0.29, 0.717) is 0 Å². The summed E-state index contributed by atoms with van der Waals surface area (Å²) >= 11 is 1.62. The van der Waals surface area contributed by atoms with Crippen LogP contribution in [-0.4, -0.2) is 22.8 Å². The van der Waals surface area contributed by atoms with Gasteiger partial charge in [-0.05, 0) is 60.2 Å². The maximum atomic E-state index is 13.0. The molecule has 116 valence electrons. The largest absolute Gasteiger partial charge is 0.334 e. The third-order valence-corrected chi connectivity index (χ3v) is 5.60. The SMILES string of the molecule is CCC(c1cccnc1)N(C)C(=O)c1scc2c1CCCC2. The van der Waals surface area contributed by atoms with Gasteiger partial charge in [0.25, 0.3) is 5.91 Å². The summed E-state index contributed by atoms with van der Waals surface area (Å²) < 4.78 is 0. The van der Waals surface area contributed by atoms with Gasteiger partial charge in [0.1, 0.15) is 0 Å². The van der Waals surface area contributed by atoms with Crippen molar-refractivity contribution in [2.24, 2.45) is 0 Å². The Morgan fingerprint density at radius 3 is 2.95 bits per heavy atom. The van der Waals surface area contributed by atoms with E-state index in [9.17, 15) is 4.79 Å². The average Bonchev–Trinajstić information content (AvgIpc) is 3.00. The molecule has 3 rings (SSSR count). The molecule has 3 nitrogen and oxygen atoms in total. The highest BCUT2D eigenvalue weighted by Gasteiger charge is 2.26. The van der Waals surface area contributed by atoms with Gasteiger partial charge < -0.3 is 4.90 Å². The minimum absolute atomic E-state index is 0.0857. The van der Waals surface area contributed by atoms with Crippen molar-refractivity contribution in [2.75, 3.05) is 7.05 Å². The summed E-state index contributed by atoms with van der Waals surface area (Å²) in [6, 6.07) is 4.07. The number of hydrogen-bond acceptors (Lipinski definition) is 3. The van der Waals surface area contributed by atoms with Crippen LogP contribution < -0.4 is 0 Å². The van der Waals surface area contributed by atoms with Crippen molar-refractivity contribution in [1.29, 1.82) is 0 Å². The van der Waals surface area contributed by atoms with Crippen LogP contribution in [-0.2, 0) is 12.8 Å². The number of fused-ring (bicyclic) bond motifs is 1.